The maximum atomic E-state index is 12.8. The summed E-state index contributed by atoms with van der Waals surface area (Å²) in [6, 6.07) is 11.7. The molecule has 158 valence electrons. The van der Waals surface area contributed by atoms with Gasteiger partial charge >= 0.3 is 5.69 Å². The molecule has 0 unspecified atom stereocenters. The van der Waals surface area contributed by atoms with Crippen LogP contribution in [0.5, 0.6) is 0 Å². The van der Waals surface area contributed by atoms with Crippen LogP contribution in [-0.2, 0) is 11.3 Å². The van der Waals surface area contributed by atoms with Crippen LogP contribution in [0.15, 0.2) is 68.0 Å². The minimum Gasteiger partial charge on any atom is -0.324 e. The first kappa shape index (κ1) is 21.3. The van der Waals surface area contributed by atoms with Crippen LogP contribution in [0.25, 0.3) is 5.65 Å². The molecule has 0 radical (unpaired) electrons. The number of fused-ring (bicyclic) bond motifs is 1. The first-order valence-electron chi connectivity index (χ1n) is 9.57. The van der Waals surface area contributed by atoms with Crippen molar-refractivity contribution >= 4 is 44.9 Å². The third-order valence-electron chi connectivity index (χ3n) is 4.76. The first-order chi connectivity index (χ1) is 14.8. The standard InChI is InChI=1S/C22H20BrN5O2S/c1-13-4-7-18(15(3)10-13)31-21-20-26-28(22(30)27(20)9-8-24-21)12-19(29)25-17-6-5-16(23)11-14(17)2/h4-11H,12H2,1-3H3,(H,25,29). The van der Waals surface area contributed by atoms with Gasteiger partial charge in [-0.2, -0.15) is 0 Å². The second-order valence-electron chi connectivity index (χ2n) is 7.24. The highest BCUT2D eigenvalue weighted by Gasteiger charge is 2.16. The Morgan fingerprint density at radius 2 is 1.94 bits per heavy atom. The van der Waals surface area contributed by atoms with E-state index >= 15 is 0 Å². The number of hydrogen-bond acceptors (Lipinski definition) is 5. The summed E-state index contributed by atoms with van der Waals surface area (Å²) in [5.41, 5.74) is 3.95. The fourth-order valence-electron chi connectivity index (χ4n) is 3.21. The Labute approximate surface area is 191 Å². The van der Waals surface area contributed by atoms with Crippen LogP contribution in [0.4, 0.5) is 5.69 Å². The number of nitrogens with zero attached hydrogens (tertiary/aromatic N) is 4. The van der Waals surface area contributed by atoms with Crippen LogP contribution in [0.2, 0.25) is 0 Å². The number of anilines is 1. The van der Waals surface area contributed by atoms with Gasteiger partial charge in [-0.15, -0.1) is 5.10 Å². The van der Waals surface area contributed by atoms with Crippen molar-refractivity contribution in [1.82, 2.24) is 19.2 Å². The van der Waals surface area contributed by atoms with E-state index in [1.54, 1.807) is 12.4 Å². The van der Waals surface area contributed by atoms with Crippen molar-refractivity contribution in [2.24, 2.45) is 0 Å². The van der Waals surface area contributed by atoms with Gasteiger partial charge < -0.3 is 5.32 Å². The summed E-state index contributed by atoms with van der Waals surface area (Å²) in [6.45, 7) is 5.79. The molecule has 0 bridgehead atoms. The second-order valence-corrected chi connectivity index (χ2v) is 9.19. The van der Waals surface area contributed by atoms with E-state index in [4.69, 9.17) is 0 Å². The van der Waals surface area contributed by atoms with Crippen LogP contribution >= 0.6 is 27.7 Å². The number of halogens is 1. The smallest absolute Gasteiger partial charge is 0.324 e. The number of benzene rings is 2. The summed E-state index contributed by atoms with van der Waals surface area (Å²) in [6.07, 6.45) is 3.13. The van der Waals surface area contributed by atoms with E-state index in [0.29, 0.717) is 16.4 Å². The van der Waals surface area contributed by atoms with E-state index in [1.165, 1.54) is 21.7 Å². The molecule has 31 heavy (non-hydrogen) atoms. The van der Waals surface area contributed by atoms with Gasteiger partial charge in [0.15, 0.2) is 5.65 Å². The highest BCUT2D eigenvalue weighted by Crippen LogP contribution is 2.31. The number of aromatic nitrogens is 4. The van der Waals surface area contributed by atoms with Crippen LogP contribution < -0.4 is 11.0 Å². The lowest BCUT2D eigenvalue weighted by molar-refractivity contribution is -0.117. The maximum Gasteiger partial charge on any atom is 0.350 e. The minimum atomic E-state index is -0.387. The fraction of sp³-hybridized carbons (Fsp3) is 0.182. The number of hydrogen-bond donors (Lipinski definition) is 1. The molecule has 0 spiro atoms. The van der Waals surface area contributed by atoms with E-state index in [1.807, 2.05) is 51.1 Å². The van der Waals surface area contributed by atoms with Crippen molar-refractivity contribution in [2.45, 2.75) is 37.2 Å². The molecule has 4 rings (SSSR count). The summed E-state index contributed by atoms with van der Waals surface area (Å²) >= 11 is 4.85. The lowest BCUT2D eigenvalue weighted by Gasteiger charge is -2.08. The molecular weight excluding hydrogens is 478 g/mol. The zero-order valence-electron chi connectivity index (χ0n) is 17.2. The molecule has 2 aromatic carbocycles. The SMILES string of the molecule is Cc1ccc(Sc2nccn3c(=O)n(CC(=O)Nc4ccc(Br)cc4C)nc23)c(C)c1. The molecule has 0 aliphatic heterocycles. The van der Waals surface area contributed by atoms with Gasteiger partial charge in [0, 0.05) is 27.4 Å². The monoisotopic (exact) mass is 497 g/mol. The summed E-state index contributed by atoms with van der Waals surface area (Å²) in [7, 11) is 0. The van der Waals surface area contributed by atoms with Crippen molar-refractivity contribution in [3.8, 4) is 0 Å². The van der Waals surface area contributed by atoms with Crippen molar-refractivity contribution in [3.05, 3.63) is 80.4 Å². The molecule has 9 heteroatoms. The van der Waals surface area contributed by atoms with Crippen molar-refractivity contribution < 1.29 is 4.79 Å². The van der Waals surface area contributed by atoms with Gasteiger partial charge in [0.25, 0.3) is 0 Å². The van der Waals surface area contributed by atoms with Crippen LogP contribution in [0.3, 0.4) is 0 Å². The molecule has 2 aromatic heterocycles. The lowest BCUT2D eigenvalue weighted by atomic mass is 10.2. The van der Waals surface area contributed by atoms with E-state index in [9.17, 15) is 9.59 Å². The van der Waals surface area contributed by atoms with Gasteiger partial charge in [-0.3, -0.25) is 4.79 Å². The molecule has 0 saturated carbocycles. The van der Waals surface area contributed by atoms with Gasteiger partial charge in [-0.05, 0) is 56.2 Å². The predicted octanol–water partition coefficient (Wildman–Crippen LogP) is 4.37. The summed E-state index contributed by atoms with van der Waals surface area (Å²) in [5, 5.41) is 7.83. The molecule has 2 heterocycles. The normalized spacial score (nSPS) is 11.1. The Balaban J connectivity index is 1.61. The maximum absolute atomic E-state index is 12.8. The zero-order valence-corrected chi connectivity index (χ0v) is 19.6. The van der Waals surface area contributed by atoms with Gasteiger partial charge in [-0.1, -0.05) is 45.4 Å². The first-order valence-corrected chi connectivity index (χ1v) is 11.2. The molecule has 4 aromatic rings. The Bertz CT molecular complexity index is 1360. The molecular formula is C22H20BrN5O2S. The van der Waals surface area contributed by atoms with E-state index in [0.717, 1.165) is 25.2 Å². The third-order valence-corrected chi connectivity index (χ3v) is 6.41. The van der Waals surface area contributed by atoms with Gasteiger partial charge in [0.05, 0.1) is 0 Å². The molecule has 0 atom stereocenters. The number of aryl methyl sites for hydroxylation is 3. The average molecular weight is 498 g/mol. The van der Waals surface area contributed by atoms with Crippen LogP contribution in [0, 0.1) is 20.8 Å². The minimum absolute atomic E-state index is 0.191. The summed E-state index contributed by atoms with van der Waals surface area (Å²) < 4.78 is 3.50. The molecule has 0 fully saturated rings. The third kappa shape index (κ3) is 4.57. The van der Waals surface area contributed by atoms with Crippen LogP contribution in [-0.4, -0.2) is 25.1 Å². The molecule has 0 aliphatic carbocycles. The molecule has 0 saturated heterocycles. The highest BCUT2D eigenvalue weighted by molar-refractivity contribution is 9.10. The summed E-state index contributed by atoms with van der Waals surface area (Å²) in [4.78, 5) is 30.8. The van der Waals surface area contributed by atoms with Crippen molar-refractivity contribution in [3.63, 3.8) is 0 Å². The summed E-state index contributed by atoms with van der Waals surface area (Å²) in [5.74, 6) is -0.326. The largest absolute Gasteiger partial charge is 0.350 e. The van der Waals surface area contributed by atoms with E-state index in [2.05, 4.69) is 37.4 Å². The molecule has 0 aliphatic rings. The number of rotatable bonds is 5. The van der Waals surface area contributed by atoms with Crippen LogP contribution in [0.1, 0.15) is 16.7 Å². The van der Waals surface area contributed by atoms with Gasteiger partial charge in [-0.25, -0.2) is 18.9 Å². The number of carbonyl (C=O) groups is 1. The number of amides is 1. The Morgan fingerprint density at radius 3 is 2.68 bits per heavy atom. The molecule has 7 nitrogen and oxygen atoms in total. The topological polar surface area (TPSA) is 81.3 Å². The molecule has 1 amide bonds. The fourth-order valence-corrected chi connectivity index (χ4v) is 4.60. The van der Waals surface area contributed by atoms with E-state index in [-0.39, 0.29) is 18.1 Å². The lowest BCUT2D eigenvalue weighted by Crippen LogP contribution is -2.28. The van der Waals surface area contributed by atoms with Gasteiger partial charge in [0.1, 0.15) is 11.6 Å². The average Bonchev–Trinajstić information content (AvgIpc) is 3.03. The van der Waals surface area contributed by atoms with Gasteiger partial charge in [0.2, 0.25) is 5.91 Å². The highest BCUT2D eigenvalue weighted by atomic mass is 79.9. The number of nitrogens with one attached hydrogen (secondary N) is 1. The second kappa shape index (κ2) is 8.68. The van der Waals surface area contributed by atoms with Crippen molar-refractivity contribution in [2.75, 3.05) is 5.32 Å². The van der Waals surface area contributed by atoms with E-state index < -0.39 is 0 Å². The number of carbonyl (C=O) groups excluding carboxylic acids is 1. The Kier molecular flexibility index (Phi) is 5.97. The predicted molar refractivity (Wildman–Crippen MR) is 125 cm³/mol. The Morgan fingerprint density at radius 1 is 1.13 bits per heavy atom. The van der Waals surface area contributed by atoms with Crippen molar-refractivity contribution in [1.29, 1.82) is 0 Å². The molecule has 1 N–H and O–H groups in total. The zero-order chi connectivity index (χ0) is 22.1. The Hall–Kier alpha value is -2.91. The quantitative estimate of drug-likeness (QED) is 0.442.